The molecule has 1 atom stereocenters. The summed E-state index contributed by atoms with van der Waals surface area (Å²) in [5.74, 6) is -0.120. The number of nitrogens with zero attached hydrogens (tertiary/aromatic N) is 4. The molecule has 0 bridgehead atoms. The highest BCUT2D eigenvalue weighted by atomic mass is 19.4. The number of hydrogen-bond donors (Lipinski definition) is 2. The number of hydrogen-bond acceptors (Lipinski definition) is 5. The highest BCUT2D eigenvalue weighted by Gasteiger charge is 2.31. The quantitative estimate of drug-likeness (QED) is 0.412. The van der Waals surface area contributed by atoms with Gasteiger partial charge in [0, 0.05) is 43.5 Å². The molecule has 0 aliphatic carbocycles. The lowest BCUT2D eigenvalue weighted by atomic mass is 10.1. The molecule has 0 radical (unpaired) electrons. The van der Waals surface area contributed by atoms with Gasteiger partial charge in [0.25, 0.3) is 5.91 Å². The number of aromatic amines is 1. The van der Waals surface area contributed by atoms with Crippen LogP contribution in [-0.2, 0) is 11.0 Å². The van der Waals surface area contributed by atoms with Gasteiger partial charge in [0.15, 0.2) is 6.10 Å². The van der Waals surface area contributed by atoms with Crippen LogP contribution in [0.3, 0.4) is 0 Å². The Bertz CT molecular complexity index is 1400. The van der Waals surface area contributed by atoms with Crippen molar-refractivity contribution < 1.29 is 27.5 Å². The number of anilines is 1. The topological polar surface area (TPSA) is 85.4 Å². The Balaban J connectivity index is 1.24. The van der Waals surface area contributed by atoms with Gasteiger partial charge in [-0.15, -0.1) is 0 Å². The van der Waals surface area contributed by atoms with Crippen molar-refractivity contribution in [2.75, 3.05) is 31.1 Å². The predicted octanol–water partition coefficient (Wildman–Crippen LogP) is 4.17. The maximum absolute atomic E-state index is 13.9. The molecule has 4 aromatic rings. The van der Waals surface area contributed by atoms with Gasteiger partial charge < -0.3 is 19.9 Å². The fraction of sp³-hybridized carbons (Fsp3) is 0.240. The number of aromatic nitrogens is 3. The summed E-state index contributed by atoms with van der Waals surface area (Å²) in [5.41, 5.74) is 0.508. The molecule has 5 rings (SSSR count). The molecule has 3 heterocycles. The summed E-state index contributed by atoms with van der Waals surface area (Å²) in [6, 6.07) is 12.5. The van der Waals surface area contributed by atoms with Crippen molar-refractivity contribution in [1.29, 1.82) is 0 Å². The highest BCUT2D eigenvalue weighted by molar-refractivity contribution is 5.82. The molecule has 2 N–H and O–H groups in total. The maximum atomic E-state index is 13.9. The van der Waals surface area contributed by atoms with Gasteiger partial charge in [-0.25, -0.2) is 14.4 Å². The van der Waals surface area contributed by atoms with E-state index in [0.717, 1.165) is 12.1 Å². The first-order chi connectivity index (χ1) is 17.2. The second-order valence-electron chi connectivity index (χ2n) is 8.46. The fourth-order valence-electron chi connectivity index (χ4n) is 4.19. The maximum Gasteiger partial charge on any atom is 0.416 e. The van der Waals surface area contributed by atoms with Gasteiger partial charge in [-0.05, 0) is 36.4 Å². The first kappa shape index (κ1) is 23.7. The van der Waals surface area contributed by atoms with Gasteiger partial charge in [0.1, 0.15) is 17.5 Å². The largest absolute Gasteiger partial charge is 0.416 e. The lowest BCUT2D eigenvalue weighted by molar-refractivity contribution is -0.141. The number of fused-ring (bicyclic) bond motifs is 1. The molecule has 1 unspecified atom stereocenters. The van der Waals surface area contributed by atoms with Gasteiger partial charge in [-0.3, -0.25) is 4.79 Å². The number of carbonyl (C=O) groups excluding carboxylic acids is 1. The lowest BCUT2D eigenvalue weighted by Gasteiger charge is -2.36. The first-order valence-corrected chi connectivity index (χ1v) is 11.2. The van der Waals surface area contributed by atoms with Crippen LogP contribution in [0.5, 0.6) is 0 Å². The van der Waals surface area contributed by atoms with Crippen LogP contribution in [0.15, 0.2) is 60.8 Å². The molecule has 0 saturated carbocycles. The number of alkyl halides is 3. The van der Waals surface area contributed by atoms with E-state index < -0.39 is 29.6 Å². The summed E-state index contributed by atoms with van der Waals surface area (Å²) in [5, 5.41) is 10.3. The summed E-state index contributed by atoms with van der Waals surface area (Å²) in [4.78, 5) is 27.8. The number of nitrogens with one attached hydrogen (secondary N) is 1. The number of aliphatic hydroxyl groups excluding tert-OH is 1. The minimum atomic E-state index is -4.44. The fourth-order valence-corrected chi connectivity index (χ4v) is 4.19. The van der Waals surface area contributed by atoms with Crippen molar-refractivity contribution >= 4 is 22.8 Å². The number of halogens is 4. The number of imidazole rings is 1. The van der Waals surface area contributed by atoms with Crippen molar-refractivity contribution in [3.63, 3.8) is 0 Å². The Morgan fingerprint density at radius 2 is 1.78 bits per heavy atom. The van der Waals surface area contributed by atoms with Crippen LogP contribution in [0.25, 0.3) is 22.4 Å². The Kier molecular flexibility index (Phi) is 6.09. The molecular weight excluding hydrogens is 478 g/mol. The summed E-state index contributed by atoms with van der Waals surface area (Å²) in [7, 11) is 0. The summed E-state index contributed by atoms with van der Waals surface area (Å²) in [6.07, 6.45) is -4.42. The van der Waals surface area contributed by atoms with Crippen molar-refractivity contribution in [3.8, 4) is 11.4 Å². The Morgan fingerprint density at radius 3 is 2.44 bits per heavy atom. The summed E-state index contributed by atoms with van der Waals surface area (Å²) in [6.45, 7) is 1.59. The van der Waals surface area contributed by atoms with E-state index in [9.17, 15) is 27.5 Å². The van der Waals surface area contributed by atoms with Crippen molar-refractivity contribution in [2.24, 2.45) is 0 Å². The molecule has 1 saturated heterocycles. The molecule has 1 fully saturated rings. The second kappa shape index (κ2) is 9.23. The lowest BCUT2D eigenvalue weighted by Crippen LogP contribution is -2.50. The number of pyridine rings is 1. The van der Waals surface area contributed by atoms with Crippen LogP contribution in [-0.4, -0.2) is 57.0 Å². The van der Waals surface area contributed by atoms with E-state index in [1.54, 1.807) is 24.4 Å². The SMILES string of the molecule is O=C(C(O)c1ccccc1F)N1CCN(c2ccc(-c3nc4ccc(C(F)(F)F)cc4[nH]3)cn2)CC1. The van der Waals surface area contributed by atoms with E-state index in [4.69, 9.17) is 0 Å². The van der Waals surface area contributed by atoms with Crippen LogP contribution in [0.1, 0.15) is 17.2 Å². The smallest absolute Gasteiger partial charge is 0.378 e. The molecule has 2 aromatic carbocycles. The van der Waals surface area contributed by atoms with E-state index in [1.807, 2.05) is 4.90 Å². The monoisotopic (exact) mass is 499 g/mol. The molecule has 1 aliphatic rings. The average molecular weight is 499 g/mol. The second-order valence-corrected chi connectivity index (χ2v) is 8.46. The van der Waals surface area contributed by atoms with Gasteiger partial charge in [0.2, 0.25) is 0 Å². The Morgan fingerprint density at radius 1 is 1.03 bits per heavy atom. The Hall–Kier alpha value is -3.99. The number of amides is 1. The third kappa shape index (κ3) is 4.61. The number of H-pyrrole nitrogens is 1. The molecule has 7 nitrogen and oxygen atoms in total. The van der Waals surface area contributed by atoms with Gasteiger partial charge in [0.05, 0.1) is 16.6 Å². The van der Waals surface area contributed by atoms with E-state index >= 15 is 0 Å². The van der Waals surface area contributed by atoms with Crippen molar-refractivity contribution in [1.82, 2.24) is 19.9 Å². The van der Waals surface area contributed by atoms with Gasteiger partial charge in [-0.1, -0.05) is 18.2 Å². The zero-order valence-corrected chi connectivity index (χ0v) is 18.8. The highest BCUT2D eigenvalue weighted by Crippen LogP contribution is 2.32. The molecule has 1 aliphatic heterocycles. The number of aliphatic hydroxyl groups is 1. The van der Waals surface area contributed by atoms with E-state index in [1.165, 1.54) is 29.2 Å². The molecule has 1 amide bonds. The zero-order chi connectivity index (χ0) is 25.4. The van der Waals surface area contributed by atoms with E-state index in [-0.39, 0.29) is 11.1 Å². The van der Waals surface area contributed by atoms with Gasteiger partial charge in [-0.2, -0.15) is 13.2 Å². The van der Waals surface area contributed by atoms with Crippen LogP contribution >= 0.6 is 0 Å². The zero-order valence-electron chi connectivity index (χ0n) is 18.8. The summed E-state index contributed by atoms with van der Waals surface area (Å²) >= 11 is 0. The van der Waals surface area contributed by atoms with Crippen molar-refractivity contribution in [3.05, 3.63) is 77.7 Å². The Labute approximate surface area is 203 Å². The van der Waals surface area contributed by atoms with Gasteiger partial charge >= 0.3 is 6.18 Å². The number of rotatable bonds is 4. The number of carbonyl (C=O) groups is 1. The normalized spacial score (nSPS) is 15.4. The average Bonchev–Trinajstić information content (AvgIpc) is 3.31. The molecule has 186 valence electrons. The molecular formula is C25H21F4N5O2. The minimum Gasteiger partial charge on any atom is -0.378 e. The molecule has 2 aromatic heterocycles. The standard InChI is InChI=1S/C25H21F4N5O2/c26-18-4-2-1-3-17(18)22(35)24(36)34-11-9-33(10-12-34)21-8-5-15(14-30-21)23-31-19-7-6-16(25(27,28)29)13-20(19)32-23/h1-8,13-14,22,35H,9-12H2,(H,31,32). The third-order valence-corrected chi connectivity index (χ3v) is 6.18. The van der Waals surface area contributed by atoms with Crippen LogP contribution in [0.4, 0.5) is 23.4 Å². The first-order valence-electron chi connectivity index (χ1n) is 11.2. The van der Waals surface area contributed by atoms with E-state index in [0.29, 0.717) is 48.9 Å². The molecule has 11 heteroatoms. The summed E-state index contributed by atoms with van der Waals surface area (Å²) < 4.78 is 52.8. The predicted molar refractivity (Wildman–Crippen MR) is 124 cm³/mol. The number of piperazine rings is 1. The van der Waals surface area contributed by atoms with Crippen LogP contribution in [0.2, 0.25) is 0 Å². The van der Waals surface area contributed by atoms with Crippen LogP contribution in [0, 0.1) is 5.82 Å². The third-order valence-electron chi connectivity index (χ3n) is 6.18. The number of benzene rings is 2. The van der Waals surface area contributed by atoms with E-state index in [2.05, 4.69) is 15.0 Å². The minimum absolute atomic E-state index is 0.0533. The molecule has 36 heavy (non-hydrogen) atoms. The van der Waals surface area contributed by atoms with Crippen molar-refractivity contribution in [2.45, 2.75) is 12.3 Å². The molecule has 0 spiro atoms. The van der Waals surface area contributed by atoms with Crippen LogP contribution < -0.4 is 4.90 Å².